The maximum atomic E-state index is 6.60. The molecule has 50 valence electrons. The summed E-state index contributed by atoms with van der Waals surface area (Å²) < 4.78 is 0.884. The van der Waals surface area contributed by atoms with Crippen molar-refractivity contribution >= 4 is 27.6 Å². The molecule has 0 aromatic heterocycles. The number of nitrogens with zero attached hydrogens (tertiary/aromatic N) is 1. The van der Waals surface area contributed by atoms with E-state index in [-0.39, 0.29) is 0 Å². The topological polar surface area (TPSA) is 36.2 Å². The van der Waals surface area contributed by atoms with Crippen LogP contribution in [-0.4, -0.2) is 6.01 Å². The molecule has 1 aromatic carbocycles. The number of benzene rings is 1. The molecule has 0 aliphatic rings. The first-order valence-electron chi connectivity index (χ1n) is 2.71. The van der Waals surface area contributed by atoms with E-state index in [0.29, 0.717) is 0 Å². The molecule has 0 radical (unpaired) electrons. The van der Waals surface area contributed by atoms with Crippen molar-refractivity contribution in [2.24, 2.45) is 4.99 Å². The Hall–Kier alpha value is -0.920. The van der Waals surface area contributed by atoms with Crippen LogP contribution in [0, 0.1) is 5.41 Å². The highest BCUT2D eigenvalue weighted by Crippen LogP contribution is 2.23. The lowest BCUT2D eigenvalue weighted by atomic mass is 10.3. The summed E-state index contributed by atoms with van der Waals surface area (Å²) in [6.07, 6.45) is 0. The Balaban J connectivity index is 3.14. The fourth-order valence-corrected chi connectivity index (χ4v) is 0.976. The summed E-state index contributed by atoms with van der Waals surface area (Å²) in [4.78, 5) is 3.68. The molecule has 0 spiro atoms. The molecule has 1 N–H and O–H groups in total. The molecule has 0 saturated heterocycles. The third-order valence-electron chi connectivity index (χ3n) is 1.03. The number of rotatable bonds is 1. The van der Waals surface area contributed by atoms with Gasteiger partial charge in [-0.25, -0.2) is 5.41 Å². The van der Waals surface area contributed by atoms with Crippen LogP contribution in [0.5, 0.6) is 0 Å². The summed E-state index contributed by atoms with van der Waals surface area (Å²) >= 11 is 3.28. The van der Waals surface area contributed by atoms with Gasteiger partial charge in [-0.3, -0.25) is 0 Å². The Morgan fingerprint density at radius 1 is 1.40 bits per heavy atom. The summed E-state index contributed by atoms with van der Waals surface area (Å²) in [7, 11) is 0. The van der Waals surface area contributed by atoms with Gasteiger partial charge in [0.15, 0.2) is 0 Å². The van der Waals surface area contributed by atoms with Crippen LogP contribution in [0.1, 0.15) is 0 Å². The molecular weight excluding hydrogens is 192 g/mol. The van der Waals surface area contributed by atoms with Crippen LogP contribution in [0.25, 0.3) is 0 Å². The van der Waals surface area contributed by atoms with E-state index >= 15 is 0 Å². The van der Waals surface area contributed by atoms with Crippen molar-refractivity contribution in [3.8, 4) is 0 Å². The van der Waals surface area contributed by atoms with Gasteiger partial charge in [-0.2, -0.15) is 4.99 Å². The highest BCUT2D eigenvalue weighted by molar-refractivity contribution is 9.10. The Morgan fingerprint density at radius 3 is 2.70 bits per heavy atom. The summed E-state index contributed by atoms with van der Waals surface area (Å²) in [5.74, 6) is 0. The van der Waals surface area contributed by atoms with Gasteiger partial charge >= 0.3 is 0 Å². The van der Waals surface area contributed by atoms with E-state index in [0.717, 1.165) is 10.2 Å². The van der Waals surface area contributed by atoms with E-state index in [1.807, 2.05) is 30.3 Å². The third-order valence-corrected chi connectivity index (χ3v) is 1.70. The van der Waals surface area contributed by atoms with Gasteiger partial charge in [0.25, 0.3) is 0 Å². The lowest BCUT2D eigenvalue weighted by Gasteiger charge is -1.91. The molecule has 1 aromatic rings. The minimum absolute atomic E-state index is 0.734. The highest BCUT2D eigenvalue weighted by Gasteiger charge is 1.91. The fourth-order valence-electron chi connectivity index (χ4n) is 0.603. The van der Waals surface area contributed by atoms with Crippen LogP contribution >= 0.6 is 15.9 Å². The van der Waals surface area contributed by atoms with Crippen LogP contribution in [0.4, 0.5) is 5.69 Å². The standard InChI is InChI=1S/C7H5BrN2/c8-6-3-1-2-4-7(6)10-5-9/h1-4,9H. The monoisotopic (exact) mass is 196 g/mol. The SMILES string of the molecule is N=C=Nc1ccccc1Br. The minimum atomic E-state index is 0.734. The quantitative estimate of drug-likeness (QED) is 0.672. The van der Waals surface area contributed by atoms with E-state index < -0.39 is 0 Å². The van der Waals surface area contributed by atoms with E-state index in [9.17, 15) is 0 Å². The molecule has 0 heterocycles. The van der Waals surface area contributed by atoms with Crippen LogP contribution in [0.15, 0.2) is 33.7 Å². The lowest BCUT2D eigenvalue weighted by molar-refractivity contribution is 1.47. The van der Waals surface area contributed by atoms with Gasteiger partial charge in [-0.15, -0.1) is 0 Å². The zero-order valence-electron chi connectivity index (χ0n) is 5.13. The molecule has 0 bridgehead atoms. The molecule has 0 unspecified atom stereocenters. The molecule has 0 atom stereocenters. The molecule has 0 fully saturated rings. The van der Waals surface area contributed by atoms with Crippen molar-refractivity contribution in [2.45, 2.75) is 0 Å². The van der Waals surface area contributed by atoms with Gasteiger partial charge < -0.3 is 0 Å². The molecule has 0 amide bonds. The minimum Gasteiger partial charge on any atom is -0.241 e. The molecule has 10 heavy (non-hydrogen) atoms. The van der Waals surface area contributed by atoms with Crippen molar-refractivity contribution in [3.63, 3.8) is 0 Å². The second kappa shape index (κ2) is 3.30. The highest BCUT2D eigenvalue weighted by atomic mass is 79.9. The Morgan fingerprint density at radius 2 is 2.10 bits per heavy atom. The molecule has 1 rings (SSSR count). The molecule has 2 nitrogen and oxygen atoms in total. The third kappa shape index (κ3) is 1.53. The molecule has 0 aliphatic carbocycles. The smallest absolute Gasteiger partial charge is 0.0918 e. The first kappa shape index (κ1) is 7.19. The van der Waals surface area contributed by atoms with Crippen molar-refractivity contribution in [2.75, 3.05) is 0 Å². The number of hydrogen-bond acceptors (Lipinski definition) is 2. The summed E-state index contributed by atoms with van der Waals surface area (Å²) in [5.41, 5.74) is 0.734. The summed E-state index contributed by atoms with van der Waals surface area (Å²) in [6, 6.07) is 9.41. The molecule has 0 aliphatic heterocycles. The van der Waals surface area contributed by atoms with E-state index in [1.54, 1.807) is 0 Å². The van der Waals surface area contributed by atoms with Crippen LogP contribution in [0.2, 0.25) is 0 Å². The fraction of sp³-hybridized carbons (Fsp3) is 0. The van der Waals surface area contributed by atoms with Gasteiger partial charge in [0.05, 0.1) is 11.7 Å². The van der Waals surface area contributed by atoms with E-state index in [1.165, 1.54) is 0 Å². The molecular formula is C7H5BrN2. The second-order valence-electron chi connectivity index (χ2n) is 1.68. The molecule has 3 heteroatoms. The number of aliphatic imine (C=N–C) groups is 1. The van der Waals surface area contributed by atoms with Gasteiger partial charge in [-0.05, 0) is 28.1 Å². The maximum absolute atomic E-state index is 6.60. The number of hydrogen-bond donors (Lipinski definition) is 1. The Labute approximate surface area is 67.2 Å². The van der Waals surface area contributed by atoms with E-state index in [4.69, 9.17) is 5.41 Å². The first-order chi connectivity index (χ1) is 4.84. The average molecular weight is 197 g/mol. The van der Waals surface area contributed by atoms with Crippen LogP contribution < -0.4 is 0 Å². The number of nitrogens with one attached hydrogen (secondary N) is 1. The normalized spacial score (nSPS) is 8.50. The van der Waals surface area contributed by atoms with Crippen LogP contribution in [0.3, 0.4) is 0 Å². The van der Waals surface area contributed by atoms with E-state index in [2.05, 4.69) is 20.9 Å². The Kier molecular flexibility index (Phi) is 2.37. The molecule has 0 saturated carbocycles. The summed E-state index contributed by atoms with van der Waals surface area (Å²) in [6.45, 7) is 0. The predicted octanol–water partition coefficient (Wildman–Crippen LogP) is 2.83. The van der Waals surface area contributed by atoms with Crippen molar-refractivity contribution in [1.29, 1.82) is 5.41 Å². The van der Waals surface area contributed by atoms with Crippen molar-refractivity contribution in [1.82, 2.24) is 0 Å². The lowest BCUT2D eigenvalue weighted by Crippen LogP contribution is -1.64. The van der Waals surface area contributed by atoms with Crippen molar-refractivity contribution < 1.29 is 0 Å². The average Bonchev–Trinajstić information content (AvgIpc) is 1.94. The zero-order chi connectivity index (χ0) is 7.40. The van der Waals surface area contributed by atoms with Gasteiger partial charge in [-0.1, -0.05) is 12.1 Å². The number of para-hydroxylation sites is 1. The summed E-state index contributed by atoms with van der Waals surface area (Å²) in [5, 5.41) is 6.60. The van der Waals surface area contributed by atoms with Gasteiger partial charge in [0.2, 0.25) is 0 Å². The largest absolute Gasteiger partial charge is 0.241 e. The number of halogens is 1. The van der Waals surface area contributed by atoms with Crippen molar-refractivity contribution in [3.05, 3.63) is 28.7 Å². The predicted molar refractivity (Wildman–Crippen MR) is 44.0 cm³/mol. The first-order valence-corrected chi connectivity index (χ1v) is 3.51. The zero-order valence-corrected chi connectivity index (χ0v) is 6.72. The Bertz CT molecular complexity index is 277. The second-order valence-corrected chi connectivity index (χ2v) is 2.53. The van der Waals surface area contributed by atoms with Gasteiger partial charge in [0, 0.05) is 4.47 Å². The van der Waals surface area contributed by atoms with Gasteiger partial charge in [0.1, 0.15) is 0 Å². The van der Waals surface area contributed by atoms with Crippen LogP contribution in [-0.2, 0) is 0 Å². The maximum Gasteiger partial charge on any atom is 0.0918 e.